The molecule has 5 nitrogen and oxygen atoms in total. The highest BCUT2D eigenvalue weighted by Gasteiger charge is 2.58. The largest absolute Gasteiger partial charge is 0.326 e. The number of nitrogens with one attached hydrogen (secondary N) is 1. The van der Waals surface area contributed by atoms with Crippen molar-refractivity contribution in [1.82, 2.24) is 4.90 Å². The second kappa shape index (κ2) is 5.54. The van der Waals surface area contributed by atoms with Crippen molar-refractivity contribution in [2.45, 2.75) is 12.8 Å². The Hall–Kier alpha value is -2.50. The van der Waals surface area contributed by atoms with Gasteiger partial charge in [0.2, 0.25) is 17.7 Å². The standard InChI is InChI=1S/C18H17FN2O3/c19-12-3-5-13(6-4-12)20-14(22)7-8-21-17(23)15-10-1-2-11(9-10)16(15)18(21)24/h1-6,10-11,15-16H,7-9H2,(H,20,22)/t10-,11-,15+,16+/m0/s1. The lowest BCUT2D eigenvalue weighted by Crippen LogP contribution is -2.35. The molecule has 1 saturated carbocycles. The predicted octanol–water partition coefficient (Wildman–Crippen LogP) is 1.96. The minimum absolute atomic E-state index is 0.0387. The molecule has 6 heteroatoms. The predicted molar refractivity (Wildman–Crippen MR) is 84.1 cm³/mol. The Morgan fingerprint density at radius 2 is 1.67 bits per heavy atom. The Morgan fingerprint density at radius 3 is 2.25 bits per heavy atom. The van der Waals surface area contributed by atoms with Crippen LogP contribution < -0.4 is 5.32 Å². The molecule has 0 radical (unpaired) electrons. The minimum Gasteiger partial charge on any atom is -0.326 e. The molecule has 2 aliphatic carbocycles. The van der Waals surface area contributed by atoms with Gasteiger partial charge in [0.1, 0.15) is 5.82 Å². The van der Waals surface area contributed by atoms with Gasteiger partial charge in [-0.3, -0.25) is 19.3 Å². The molecular weight excluding hydrogens is 311 g/mol. The Morgan fingerprint density at radius 1 is 1.08 bits per heavy atom. The van der Waals surface area contributed by atoms with E-state index in [0.717, 1.165) is 6.42 Å². The van der Waals surface area contributed by atoms with E-state index in [9.17, 15) is 18.8 Å². The first-order valence-corrected chi connectivity index (χ1v) is 8.13. The van der Waals surface area contributed by atoms with Gasteiger partial charge in [-0.05, 0) is 42.5 Å². The number of imide groups is 1. The van der Waals surface area contributed by atoms with Crippen molar-refractivity contribution in [3.63, 3.8) is 0 Å². The van der Waals surface area contributed by atoms with Gasteiger partial charge < -0.3 is 5.32 Å². The number of fused-ring (bicyclic) bond motifs is 5. The van der Waals surface area contributed by atoms with E-state index < -0.39 is 0 Å². The lowest BCUT2D eigenvalue weighted by atomic mass is 9.85. The van der Waals surface area contributed by atoms with Gasteiger partial charge in [0.25, 0.3) is 0 Å². The van der Waals surface area contributed by atoms with Gasteiger partial charge >= 0.3 is 0 Å². The zero-order chi connectivity index (χ0) is 16.8. The van der Waals surface area contributed by atoms with Crippen molar-refractivity contribution in [3.05, 3.63) is 42.2 Å². The third-order valence-electron chi connectivity index (χ3n) is 5.25. The summed E-state index contributed by atoms with van der Waals surface area (Å²) < 4.78 is 12.8. The number of nitrogens with zero attached hydrogens (tertiary/aromatic N) is 1. The number of likely N-dealkylation sites (tertiary alicyclic amines) is 1. The fourth-order valence-electron chi connectivity index (χ4n) is 4.15. The molecule has 1 aromatic rings. The molecule has 0 spiro atoms. The summed E-state index contributed by atoms with van der Waals surface area (Å²) in [5.74, 6) is -1.08. The van der Waals surface area contributed by atoms with Crippen LogP contribution in [0.25, 0.3) is 0 Å². The molecule has 0 aromatic heterocycles. The second-order valence-electron chi connectivity index (χ2n) is 6.63. The quantitative estimate of drug-likeness (QED) is 0.679. The summed E-state index contributed by atoms with van der Waals surface area (Å²) in [6, 6.07) is 5.44. The summed E-state index contributed by atoms with van der Waals surface area (Å²) >= 11 is 0. The first kappa shape index (κ1) is 15.1. The number of allylic oxidation sites excluding steroid dienone is 2. The summed E-state index contributed by atoms with van der Waals surface area (Å²) in [4.78, 5) is 38.2. The van der Waals surface area contributed by atoms with Crippen LogP contribution in [0.3, 0.4) is 0 Å². The number of rotatable bonds is 4. The van der Waals surface area contributed by atoms with Crippen molar-refractivity contribution >= 4 is 23.4 Å². The number of amides is 3. The third-order valence-corrected chi connectivity index (χ3v) is 5.25. The number of hydrogen-bond acceptors (Lipinski definition) is 3. The molecule has 1 heterocycles. The van der Waals surface area contributed by atoms with Crippen LogP contribution in [0.15, 0.2) is 36.4 Å². The van der Waals surface area contributed by atoms with Crippen molar-refractivity contribution in [3.8, 4) is 0 Å². The number of carbonyl (C=O) groups is 3. The summed E-state index contributed by atoms with van der Waals surface area (Å²) in [6.07, 6.45) is 5.02. The first-order valence-electron chi connectivity index (χ1n) is 8.13. The fraction of sp³-hybridized carbons (Fsp3) is 0.389. The normalized spacial score (nSPS) is 30.1. The van der Waals surface area contributed by atoms with Crippen molar-refractivity contribution in [2.24, 2.45) is 23.7 Å². The van der Waals surface area contributed by atoms with Crippen molar-refractivity contribution in [1.29, 1.82) is 0 Å². The molecular formula is C18H17FN2O3. The van der Waals surface area contributed by atoms with Crippen LogP contribution in [-0.2, 0) is 14.4 Å². The zero-order valence-corrected chi connectivity index (χ0v) is 12.9. The average molecular weight is 328 g/mol. The van der Waals surface area contributed by atoms with Crippen LogP contribution in [0.4, 0.5) is 10.1 Å². The van der Waals surface area contributed by atoms with E-state index in [-0.39, 0.29) is 60.2 Å². The third kappa shape index (κ3) is 2.33. The Balaban J connectivity index is 1.36. The van der Waals surface area contributed by atoms with Crippen LogP contribution in [0, 0.1) is 29.5 Å². The maximum atomic E-state index is 12.8. The smallest absolute Gasteiger partial charge is 0.233 e. The van der Waals surface area contributed by atoms with Crippen LogP contribution in [0.1, 0.15) is 12.8 Å². The van der Waals surface area contributed by atoms with Crippen LogP contribution in [-0.4, -0.2) is 29.2 Å². The number of carbonyl (C=O) groups excluding carboxylic acids is 3. The number of benzene rings is 1. The van der Waals surface area contributed by atoms with Crippen LogP contribution in [0.5, 0.6) is 0 Å². The van der Waals surface area contributed by atoms with Gasteiger partial charge in [-0.25, -0.2) is 4.39 Å². The van der Waals surface area contributed by atoms with Crippen LogP contribution in [0.2, 0.25) is 0 Å². The summed E-state index contributed by atoms with van der Waals surface area (Å²) in [6.45, 7) is 0.0944. The fourth-order valence-corrected chi connectivity index (χ4v) is 4.15. The highest BCUT2D eigenvalue weighted by Crippen LogP contribution is 2.52. The first-order chi connectivity index (χ1) is 11.5. The number of anilines is 1. The molecule has 3 aliphatic rings. The number of hydrogen-bond donors (Lipinski definition) is 1. The molecule has 1 aromatic carbocycles. The Labute approximate surface area is 138 Å². The molecule has 1 saturated heterocycles. The Bertz CT molecular complexity index is 713. The van der Waals surface area contributed by atoms with E-state index in [1.54, 1.807) is 0 Å². The molecule has 2 fully saturated rings. The molecule has 2 bridgehead atoms. The molecule has 3 amide bonds. The summed E-state index contributed by atoms with van der Waals surface area (Å²) in [5, 5.41) is 2.64. The van der Waals surface area contributed by atoms with E-state index >= 15 is 0 Å². The highest BCUT2D eigenvalue weighted by molar-refractivity contribution is 6.06. The maximum absolute atomic E-state index is 12.8. The molecule has 1 aliphatic heterocycles. The van der Waals surface area contributed by atoms with Gasteiger partial charge in [0, 0.05) is 18.7 Å². The highest BCUT2D eigenvalue weighted by atomic mass is 19.1. The summed E-state index contributed by atoms with van der Waals surface area (Å²) in [7, 11) is 0. The lowest BCUT2D eigenvalue weighted by molar-refractivity contribution is -0.140. The van der Waals surface area contributed by atoms with E-state index in [2.05, 4.69) is 5.32 Å². The van der Waals surface area contributed by atoms with Gasteiger partial charge in [-0.2, -0.15) is 0 Å². The van der Waals surface area contributed by atoms with Gasteiger partial charge in [0.05, 0.1) is 11.8 Å². The topological polar surface area (TPSA) is 66.5 Å². The molecule has 1 N–H and O–H groups in total. The molecule has 0 unspecified atom stereocenters. The molecule has 4 rings (SSSR count). The molecule has 4 atom stereocenters. The summed E-state index contributed by atoms with van der Waals surface area (Å²) in [5.41, 5.74) is 0.486. The Kier molecular flexibility index (Phi) is 3.48. The van der Waals surface area contributed by atoms with Crippen LogP contribution >= 0.6 is 0 Å². The monoisotopic (exact) mass is 328 g/mol. The van der Waals surface area contributed by atoms with Gasteiger partial charge in [-0.15, -0.1) is 0 Å². The minimum atomic E-state index is -0.379. The zero-order valence-electron chi connectivity index (χ0n) is 12.9. The van der Waals surface area contributed by atoms with E-state index in [1.807, 2.05) is 12.2 Å². The SMILES string of the molecule is O=C(CCN1C(=O)[C@H]2[C@H](C1=O)[C@H]1C=C[C@H]2C1)Nc1ccc(F)cc1. The average Bonchev–Trinajstić information content (AvgIpc) is 3.23. The molecule has 124 valence electrons. The van der Waals surface area contributed by atoms with E-state index in [0.29, 0.717) is 5.69 Å². The van der Waals surface area contributed by atoms with Crippen molar-refractivity contribution in [2.75, 3.05) is 11.9 Å². The second-order valence-corrected chi connectivity index (χ2v) is 6.63. The van der Waals surface area contributed by atoms with Gasteiger partial charge in [0.15, 0.2) is 0 Å². The van der Waals surface area contributed by atoms with Crippen molar-refractivity contribution < 1.29 is 18.8 Å². The number of halogens is 1. The maximum Gasteiger partial charge on any atom is 0.233 e. The lowest BCUT2D eigenvalue weighted by Gasteiger charge is -2.16. The van der Waals surface area contributed by atoms with Gasteiger partial charge in [-0.1, -0.05) is 12.2 Å². The van der Waals surface area contributed by atoms with E-state index in [1.165, 1.54) is 29.2 Å². The van der Waals surface area contributed by atoms with E-state index in [4.69, 9.17) is 0 Å². The molecule has 24 heavy (non-hydrogen) atoms.